The zero-order valence-electron chi connectivity index (χ0n) is 11.9. The maximum atomic E-state index is 12.8. The number of ether oxygens (including phenoxy) is 1. The molecular formula is C15H18FNO4. The number of nitrogens with one attached hydrogen (secondary N) is 1. The van der Waals surface area contributed by atoms with E-state index in [0.29, 0.717) is 5.75 Å². The van der Waals surface area contributed by atoms with E-state index in [4.69, 9.17) is 9.84 Å². The van der Waals surface area contributed by atoms with Crippen LogP contribution in [0.1, 0.15) is 20.3 Å². The van der Waals surface area contributed by atoms with E-state index in [2.05, 4.69) is 11.9 Å². The van der Waals surface area contributed by atoms with Crippen LogP contribution in [0.5, 0.6) is 5.75 Å². The molecule has 0 aliphatic carbocycles. The Bertz CT molecular complexity index is 525. The van der Waals surface area contributed by atoms with Gasteiger partial charge in [0.25, 0.3) is 5.91 Å². The van der Waals surface area contributed by atoms with Gasteiger partial charge in [0.05, 0.1) is 0 Å². The Morgan fingerprint density at radius 2 is 2.00 bits per heavy atom. The number of hydrogen-bond acceptors (Lipinski definition) is 3. The number of halogens is 1. The van der Waals surface area contributed by atoms with Crippen molar-refractivity contribution in [1.82, 2.24) is 5.32 Å². The number of carbonyl (C=O) groups is 2. The minimum atomic E-state index is -1.30. The minimum Gasteiger partial charge on any atom is -0.480 e. The van der Waals surface area contributed by atoms with Crippen LogP contribution >= 0.6 is 0 Å². The highest BCUT2D eigenvalue weighted by Crippen LogP contribution is 2.19. The predicted molar refractivity (Wildman–Crippen MR) is 75.5 cm³/mol. The van der Waals surface area contributed by atoms with Gasteiger partial charge in [-0.05, 0) is 44.5 Å². The van der Waals surface area contributed by atoms with Crippen LogP contribution in [0.25, 0.3) is 0 Å². The van der Waals surface area contributed by atoms with Gasteiger partial charge in [0.2, 0.25) is 0 Å². The largest absolute Gasteiger partial charge is 0.480 e. The summed E-state index contributed by atoms with van der Waals surface area (Å²) in [6.07, 6.45) is 1.51. The van der Waals surface area contributed by atoms with Crippen LogP contribution in [-0.4, -0.2) is 28.6 Å². The first-order chi connectivity index (χ1) is 9.76. The third-order valence-corrected chi connectivity index (χ3v) is 2.74. The molecule has 0 fully saturated rings. The molecule has 1 atom stereocenters. The summed E-state index contributed by atoms with van der Waals surface area (Å²) in [5, 5.41) is 11.4. The number of benzene rings is 1. The van der Waals surface area contributed by atoms with Crippen molar-refractivity contribution in [1.29, 1.82) is 0 Å². The second-order valence-electron chi connectivity index (χ2n) is 4.95. The molecule has 6 heteroatoms. The molecule has 1 amide bonds. The van der Waals surface area contributed by atoms with Crippen molar-refractivity contribution < 1.29 is 23.8 Å². The summed E-state index contributed by atoms with van der Waals surface area (Å²) < 4.78 is 18.3. The van der Waals surface area contributed by atoms with Crippen molar-refractivity contribution in [3.8, 4) is 5.75 Å². The summed E-state index contributed by atoms with van der Waals surface area (Å²) in [4.78, 5) is 23.1. The number of rotatable bonds is 7. The molecule has 0 radical (unpaired) electrons. The SMILES string of the molecule is C=CCC(NC(=O)C(C)(C)Oc1ccc(F)cc1)C(=O)O. The van der Waals surface area contributed by atoms with Gasteiger partial charge in [0, 0.05) is 0 Å². The van der Waals surface area contributed by atoms with Crippen LogP contribution in [0, 0.1) is 5.82 Å². The van der Waals surface area contributed by atoms with Crippen LogP contribution in [-0.2, 0) is 9.59 Å². The van der Waals surface area contributed by atoms with E-state index in [1.807, 2.05) is 0 Å². The van der Waals surface area contributed by atoms with Gasteiger partial charge in [-0.3, -0.25) is 4.79 Å². The lowest BCUT2D eigenvalue weighted by molar-refractivity contribution is -0.144. The normalized spacial score (nSPS) is 12.3. The van der Waals surface area contributed by atoms with Gasteiger partial charge >= 0.3 is 5.97 Å². The smallest absolute Gasteiger partial charge is 0.326 e. The second kappa shape index (κ2) is 6.88. The summed E-state index contributed by atoms with van der Waals surface area (Å²) in [7, 11) is 0. The highest BCUT2D eigenvalue weighted by Gasteiger charge is 2.33. The second-order valence-corrected chi connectivity index (χ2v) is 4.95. The quantitative estimate of drug-likeness (QED) is 0.756. The fraction of sp³-hybridized carbons (Fsp3) is 0.333. The van der Waals surface area contributed by atoms with E-state index in [1.54, 1.807) is 0 Å². The van der Waals surface area contributed by atoms with Gasteiger partial charge in [0.15, 0.2) is 5.60 Å². The van der Waals surface area contributed by atoms with Crippen LogP contribution in [0.3, 0.4) is 0 Å². The summed E-state index contributed by atoms with van der Waals surface area (Å²) in [5.74, 6) is -1.84. The van der Waals surface area contributed by atoms with Gasteiger partial charge in [-0.1, -0.05) is 6.08 Å². The standard InChI is InChI=1S/C15H18FNO4/c1-4-5-12(13(18)19)17-14(20)15(2,3)21-11-8-6-10(16)7-9-11/h4,6-9,12H,1,5H2,2-3H3,(H,17,20)(H,18,19). The summed E-state index contributed by atoms with van der Waals surface area (Å²) in [6, 6.07) is 4.14. The molecule has 0 aliphatic rings. The monoisotopic (exact) mass is 295 g/mol. The summed E-state index contributed by atoms with van der Waals surface area (Å²) in [5.41, 5.74) is -1.30. The first kappa shape index (κ1) is 16.7. The van der Waals surface area contributed by atoms with Gasteiger partial charge in [-0.25, -0.2) is 9.18 Å². The van der Waals surface area contributed by atoms with Gasteiger partial charge < -0.3 is 15.2 Å². The Hall–Kier alpha value is -2.37. The van der Waals surface area contributed by atoms with Gasteiger partial charge in [0.1, 0.15) is 17.6 Å². The van der Waals surface area contributed by atoms with Crippen LogP contribution in [0.2, 0.25) is 0 Å². The molecule has 1 aromatic carbocycles. The van der Waals surface area contributed by atoms with E-state index in [-0.39, 0.29) is 6.42 Å². The molecule has 1 aromatic rings. The maximum Gasteiger partial charge on any atom is 0.326 e. The molecule has 1 unspecified atom stereocenters. The Morgan fingerprint density at radius 1 is 1.43 bits per heavy atom. The molecular weight excluding hydrogens is 277 g/mol. The molecule has 0 bridgehead atoms. The van der Waals surface area contributed by atoms with Crippen molar-refractivity contribution in [3.05, 3.63) is 42.7 Å². The predicted octanol–water partition coefficient (Wildman–Crippen LogP) is 2.13. The van der Waals surface area contributed by atoms with E-state index in [1.165, 1.54) is 44.2 Å². The van der Waals surface area contributed by atoms with Crippen LogP contribution < -0.4 is 10.1 Å². The number of aliphatic carboxylic acids is 1. The molecule has 2 N–H and O–H groups in total. The summed E-state index contributed by atoms with van der Waals surface area (Å²) >= 11 is 0. The minimum absolute atomic E-state index is 0.105. The van der Waals surface area contributed by atoms with E-state index < -0.39 is 29.3 Å². The molecule has 0 saturated heterocycles. The third-order valence-electron chi connectivity index (χ3n) is 2.74. The lowest BCUT2D eigenvalue weighted by Gasteiger charge is -2.27. The third kappa shape index (κ3) is 4.91. The number of carbonyl (C=O) groups excluding carboxylic acids is 1. The van der Waals surface area contributed by atoms with Crippen LogP contribution in [0.15, 0.2) is 36.9 Å². The Balaban J connectivity index is 2.76. The van der Waals surface area contributed by atoms with E-state index in [0.717, 1.165) is 0 Å². The van der Waals surface area contributed by atoms with E-state index >= 15 is 0 Å². The highest BCUT2D eigenvalue weighted by molar-refractivity contribution is 5.89. The number of hydrogen-bond donors (Lipinski definition) is 2. The Morgan fingerprint density at radius 3 is 2.48 bits per heavy atom. The van der Waals surface area contributed by atoms with Crippen LogP contribution in [0.4, 0.5) is 4.39 Å². The van der Waals surface area contributed by atoms with Gasteiger partial charge in [-0.15, -0.1) is 6.58 Å². The first-order valence-electron chi connectivity index (χ1n) is 6.35. The first-order valence-corrected chi connectivity index (χ1v) is 6.35. The molecule has 114 valence electrons. The fourth-order valence-corrected chi connectivity index (χ4v) is 1.56. The molecule has 1 rings (SSSR count). The van der Waals surface area contributed by atoms with Gasteiger partial charge in [-0.2, -0.15) is 0 Å². The topological polar surface area (TPSA) is 75.6 Å². The molecule has 0 spiro atoms. The molecule has 0 aliphatic heterocycles. The van der Waals surface area contributed by atoms with E-state index in [9.17, 15) is 14.0 Å². The maximum absolute atomic E-state index is 12.8. The number of carboxylic acids is 1. The number of carboxylic acid groups (broad SMARTS) is 1. The Labute approximate surface area is 122 Å². The Kier molecular flexibility index (Phi) is 5.46. The summed E-state index contributed by atoms with van der Waals surface area (Å²) in [6.45, 7) is 6.44. The zero-order chi connectivity index (χ0) is 16.0. The molecule has 0 heterocycles. The molecule has 21 heavy (non-hydrogen) atoms. The molecule has 0 saturated carbocycles. The molecule has 5 nitrogen and oxygen atoms in total. The van der Waals surface area contributed by atoms with Crippen molar-refractivity contribution in [3.63, 3.8) is 0 Å². The zero-order valence-corrected chi connectivity index (χ0v) is 11.9. The average Bonchev–Trinajstić information content (AvgIpc) is 2.40. The fourth-order valence-electron chi connectivity index (χ4n) is 1.56. The average molecular weight is 295 g/mol. The molecule has 0 aromatic heterocycles. The van der Waals surface area contributed by atoms with Crippen molar-refractivity contribution in [2.75, 3.05) is 0 Å². The lowest BCUT2D eigenvalue weighted by atomic mass is 10.1. The number of amides is 1. The highest BCUT2D eigenvalue weighted by atomic mass is 19.1. The van der Waals surface area contributed by atoms with Crippen molar-refractivity contribution in [2.24, 2.45) is 0 Å². The van der Waals surface area contributed by atoms with Crippen molar-refractivity contribution >= 4 is 11.9 Å². The lowest BCUT2D eigenvalue weighted by Crippen LogP contribution is -2.52. The van der Waals surface area contributed by atoms with Crippen molar-refractivity contribution in [2.45, 2.75) is 31.9 Å².